The molecule has 0 aromatic heterocycles. The maximum Gasteiger partial charge on any atom is 0.195 e. The molecule has 2 nitrogen and oxygen atoms in total. The van der Waals surface area contributed by atoms with Gasteiger partial charge in [-0.3, -0.25) is 4.79 Å². The third kappa shape index (κ3) is 2.16. The van der Waals surface area contributed by atoms with Crippen molar-refractivity contribution in [2.45, 2.75) is 13.0 Å². The summed E-state index contributed by atoms with van der Waals surface area (Å²) < 4.78 is 7.37. The Balaban J connectivity index is 2.57. The Hall–Kier alpha value is -0.610. The molecule has 4 heteroatoms. The van der Waals surface area contributed by atoms with Crippen LogP contribution in [0.15, 0.2) is 27.2 Å². The van der Waals surface area contributed by atoms with Crippen molar-refractivity contribution in [2.24, 2.45) is 0 Å². The molecular weight excluding hydrogens is 324 g/mol. The van der Waals surface area contributed by atoms with Gasteiger partial charge in [-0.2, -0.15) is 0 Å². The molecule has 1 heterocycles. The molecule has 0 N–H and O–H groups in total. The van der Waals surface area contributed by atoms with Gasteiger partial charge in [0.25, 0.3) is 0 Å². The predicted octanol–water partition coefficient (Wildman–Crippen LogP) is 3.57. The number of benzene rings is 1. The quantitative estimate of drug-likeness (QED) is 0.726. The van der Waals surface area contributed by atoms with Gasteiger partial charge in [-0.25, -0.2) is 0 Å². The second-order valence-corrected chi connectivity index (χ2v) is 5.07. The van der Waals surface area contributed by atoms with Crippen molar-refractivity contribution < 1.29 is 9.53 Å². The zero-order chi connectivity index (χ0) is 11.0. The van der Waals surface area contributed by atoms with Crippen molar-refractivity contribution in [1.29, 1.82) is 0 Å². The Morgan fingerprint density at radius 3 is 2.73 bits per heavy atom. The number of halogens is 2. The third-order valence-corrected chi connectivity index (χ3v) is 3.21. The maximum absolute atomic E-state index is 11.4. The minimum atomic E-state index is -0.431. The smallest absolute Gasteiger partial charge is 0.195 e. The molecule has 1 aliphatic rings. The van der Waals surface area contributed by atoms with Gasteiger partial charge in [0, 0.05) is 10.0 Å². The van der Waals surface area contributed by atoms with Gasteiger partial charge in [0.05, 0.1) is 4.47 Å². The first kappa shape index (κ1) is 10.9. The van der Waals surface area contributed by atoms with E-state index in [9.17, 15) is 4.79 Å². The topological polar surface area (TPSA) is 26.3 Å². The highest BCUT2D eigenvalue weighted by Gasteiger charge is 2.19. The number of fused-ring (bicyclic) bond motifs is 1. The lowest BCUT2D eigenvalue weighted by Crippen LogP contribution is -2.20. The van der Waals surface area contributed by atoms with Gasteiger partial charge < -0.3 is 4.74 Å². The van der Waals surface area contributed by atoms with E-state index in [0.29, 0.717) is 5.75 Å². The number of carbonyl (C=O) groups excluding carboxylic acids is 1. The summed E-state index contributed by atoms with van der Waals surface area (Å²) in [6.07, 6.45) is 2.89. The Morgan fingerprint density at radius 1 is 1.27 bits per heavy atom. The number of ether oxygens (including phenoxy) is 1. The summed E-state index contributed by atoms with van der Waals surface area (Å²) in [7, 11) is 0. The average Bonchev–Trinajstić information content (AvgIpc) is 2.30. The van der Waals surface area contributed by atoms with E-state index in [1.807, 2.05) is 12.1 Å². The Morgan fingerprint density at radius 2 is 2.00 bits per heavy atom. The van der Waals surface area contributed by atoms with E-state index in [0.717, 1.165) is 14.5 Å². The zero-order valence-electron chi connectivity index (χ0n) is 7.96. The van der Waals surface area contributed by atoms with Crippen LogP contribution in [0.5, 0.6) is 5.75 Å². The van der Waals surface area contributed by atoms with Gasteiger partial charge in [-0.1, -0.05) is 15.9 Å². The number of rotatable bonds is 0. The van der Waals surface area contributed by atoms with E-state index in [1.165, 1.54) is 0 Å². The summed E-state index contributed by atoms with van der Waals surface area (Å²) >= 11 is 6.81. The Bertz CT molecular complexity index is 452. The first-order valence-corrected chi connectivity index (χ1v) is 6.04. The van der Waals surface area contributed by atoms with E-state index in [1.54, 1.807) is 19.1 Å². The standard InChI is InChI=1S/C11H8Br2O2/c1-6-10(14)3-2-7-4-8(12)5-9(13)11(7)15-6/h2-6H,1H3. The molecule has 1 aromatic carbocycles. The lowest BCUT2D eigenvalue weighted by molar-refractivity contribution is -0.120. The highest BCUT2D eigenvalue weighted by Crippen LogP contribution is 2.35. The SMILES string of the molecule is CC1Oc2c(Br)cc(Br)cc2C=CC1=O. The molecule has 0 saturated heterocycles. The third-order valence-electron chi connectivity index (χ3n) is 2.16. The molecule has 0 amide bonds. The fourth-order valence-corrected chi connectivity index (χ4v) is 2.72. The van der Waals surface area contributed by atoms with Crippen molar-refractivity contribution >= 4 is 43.7 Å². The minimum absolute atomic E-state index is 0.0192. The summed E-state index contributed by atoms with van der Waals surface area (Å²) in [4.78, 5) is 11.4. The maximum atomic E-state index is 11.4. The van der Waals surface area contributed by atoms with E-state index >= 15 is 0 Å². The first-order valence-electron chi connectivity index (χ1n) is 4.45. The second-order valence-electron chi connectivity index (χ2n) is 3.30. The van der Waals surface area contributed by atoms with Gasteiger partial charge in [-0.15, -0.1) is 0 Å². The predicted molar refractivity (Wildman–Crippen MR) is 66.0 cm³/mol. The van der Waals surface area contributed by atoms with E-state index in [-0.39, 0.29) is 5.78 Å². The summed E-state index contributed by atoms with van der Waals surface area (Å²) in [5.41, 5.74) is 0.897. The van der Waals surface area contributed by atoms with Gasteiger partial charge in [-0.05, 0) is 47.1 Å². The highest BCUT2D eigenvalue weighted by molar-refractivity contribution is 9.11. The van der Waals surface area contributed by atoms with Gasteiger partial charge in [0.2, 0.25) is 0 Å². The number of carbonyl (C=O) groups is 1. The molecule has 0 saturated carbocycles. The second kappa shape index (κ2) is 4.10. The van der Waals surface area contributed by atoms with Crippen LogP contribution in [0.4, 0.5) is 0 Å². The van der Waals surface area contributed by atoms with Crippen molar-refractivity contribution in [3.05, 3.63) is 32.7 Å². The largest absolute Gasteiger partial charge is 0.481 e. The van der Waals surface area contributed by atoms with E-state index < -0.39 is 6.10 Å². The molecule has 0 fully saturated rings. The van der Waals surface area contributed by atoms with Crippen LogP contribution in [0, 0.1) is 0 Å². The summed E-state index contributed by atoms with van der Waals surface area (Å²) in [5, 5.41) is 0. The molecular formula is C11H8Br2O2. The fraction of sp³-hybridized carbons (Fsp3) is 0.182. The molecule has 15 heavy (non-hydrogen) atoms. The van der Waals surface area contributed by atoms with Crippen LogP contribution in [-0.4, -0.2) is 11.9 Å². The van der Waals surface area contributed by atoms with Crippen LogP contribution in [0.25, 0.3) is 6.08 Å². The molecule has 1 atom stereocenters. The first-order chi connectivity index (χ1) is 7.08. The van der Waals surface area contributed by atoms with Crippen LogP contribution >= 0.6 is 31.9 Å². The number of ketones is 1. The van der Waals surface area contributed by atoms with E-state index in [4.69, 9.17) is 4.74 Å². The van der Waals surface area contributed by atoms with Gasteiger partial charge in [0.1, 0.15) is 5.75 Å². The van der Waals surface area contributed by atoms with Crippen LogP contribution in [-0.2, 0) is 4.79 Å². The molecule has 0 spiro atoms. The zero-order valence-corrected chi connectivity index (χ0v) is 11.1. The fourth-order valence-electron chi connectivity index (χ4n) is 1.37. The summed E-state index contributed by atoms with van der Waals surface area (Å²) in [6, 6.07) is 3.82. The van der Waals surface area contributed by atoms with Crippen LogP contribution in [0.3, 0.4) is 0 Å². The Kier molecular flexibility index (Phi) is 2.98. The molecule has 0 radical (unpaired) electrons. The van der Waals surface area contributed by atoms with Crippen molar-refractivity contribution in [2.75, 3.05) is 0 Å². The summed E-state index contributed by atoms with van der Waals surface area (Å²) in [5.74, 6) is 0.696. The molecule has 0 bridgehead atoms. The van der Waals surface area contributed by atoms with Gasteiger partial charge >= 0.3 is 0 Å². The monoisotopic (exact) mass is 330 g/mol. The van der Waals surface area contributed by atoms with Crippen molar-refractivity contribution in [3.8, 4) is 5.75 Å². The number of hydrogen-bond donors (Lipinski definition) is 0. The van der Waals surface area contributed by atoms with Gasteiger partial charge in [0.15, 0.2) is 11.9 Å². The lowest BCUT2D eigenvalue weighted by atomic mass is 10.2. The molecule has 2 rings (SSSR count). The minimum Gasteiger partial charge on any atom is -0.481 e. The lowest BCUT2D eigenvalue weighted by Gasteiger charge is -2.13. The van der Waals surface area contributed by atoms with Crippen molar-refractivity contribution in [1.82, 2.24) is 0 Å². The molecule has 1 aliphatic heterocycles. The van der Waals surface area contributed by atoms with Crippen LogP contribution in [0.1, 0.15) is 12.5 Å². The number of hydrogen-bond acceptors (Lipinski definition) is 2. The highest BCUT2D eigenvalue weighted by atomic mass is 79.9. The van der Waals surface area contributed by atoms with E-state index in [2.05, 4.69) is 31.9 Å². The van der Waals surface area contributed by atoms with Crippen LogP contribution in [0.2, 0.25) is 0 Å². The normalized spacial score (nSPS) is 19.4. The molecule has 78 valence electrons. The molecule has 1 unspecified atom stereocenters. The van der Waals surface area contributed by atoms with Crippen molar-refractivity contribution in [3.63, 3.8) is 0 Å². The van der Waals surface area contributed by atoms with Crippen LogP contribution < -0.4 is 4.74 Å². The average molecular weight is 332 g/mol. The Labute approximate surface area is 105 Å². The summed E-state index contributed by atoms with van der Waals surface area (Å²) in [6.45, 7) is 1.75. The molecule has 1 aromatic rings. The molecule has 0 aliphatic carbocycles.